The number of carbonyl (C=O) groups excluding carboxylic acids is 1. The SMILES string of the molecule is CC1(C)CC1NC(=O)c1ccc(O)cc1F. The molecule has 2 rings (SSSR count). The van der Waals surface area contributed by atoms with Crippen LogP contribution >= 0.6 is 0 Å². The summed E-state index contributed by atoms with van der Waals surface area (Å²) in [7, 11) is 0. The smallest absolute Gasteiger partial charge is 0.254 e. The summed E-state index contributed by atoms with van der Waals surface area (Å²) in [6.45, 7) is 4.09. The van der Waals surface area contributed by atoms with Gasteiger partial charge in [0.2, 0.25) is 0 Å². The Labute approximate surface area is 93.3 Å². The predicted octanol–water partition coefficient (Wildman–Crippen LogP) is 2.06. The lowest BCUT2D eigenvalue weighted by Gasteiger charge is -2.07. The minimum absolute atomic E-state index is 0.0273. The fraction of sp³-hybridized carbons (Fsp3) is 0.417. The molecule has 0 radical (unpaired) electrons. The van der Waals surface area contributed by atoms with Crippen molar-refractivity contribution in [3.8, 4) is 5.75 Å². The van der Waals surface area contributed by atoms with Crippen LogP contribution in [0.5, 0.6) is 5.75 Å². The van der Waals surface area contributed by atoms with E-state index < -0.39 is 11.7 Å². The van der Waals surface area contributed by atoms with Gasteiger partial charge < -0.3 is 10.4 Å². The van der Waals surface area contributed by atoms with Gasteiger partial charge in [-0.15, -0.1) is 0 Å². The van der Waals surface area contributed by atoms with Crippen molar-refractivity contribution in [1.82, 2.24) is 5.32 Å². The lowest BCUT2D eigenvalue weighted by Crippen LogP contribution is -2.29. The van der Waals surface area contributed by atoms with Gasteiger partial charge in [-0.05, 0) is 24.0 Å². The number of benzene rings is 1. The van der Waals surface area contributed by atoms with Crippen LogP contribution in [0.3, 0.4) is 0 Å². The molecule has 1 unspecified atom stereocenters. The first-order valence-electron chi connectivity index (χ1n) is 5.19. The zero-order valence-corrected chi connectivity index (χ0v) is 9.25. The second-order valence-corrected chi connectivity index (χ2v) is 4.88. The Hall–Kier alpha value is -1.58. The third-order valence-corrected chi connectivity index (χ3v) is 3.02. The zero-order chi connectivity index (χ0) is 11.9. The maximum atomic E-state index is 13.3. The van der Waals surface area contributed by atoms with E-state index in [2.05, 4.69) is 5.32 Å². The van der Waals surface area contributed by atoms with Crippen LogP contribution in [0, 0.1) is 11.2 Å². The van der Waals surface area contributed by atoms with Crippen molar-refractivity contribution in [3.05, 3.63) is 29.6 Å². The highest BCUT2D eigenvalue weighted by Crippen LogP contribution is 2.44. The number of hydrogen-bond donors (Lipinski definition) is 2. The number of halogens is 1. The van der Waals surface area contributed by atoms with E-state index in [0.29, 0.717) is 0 Å². The molecule has 1 fully saturated rings. The Balaban J connectivity index is 2.10. The molecule has 0 heterocycles. The van der Waals surface area contributed by atoms with Gasteiger partial charge in [0.05, 0.1) is 5.56 Å². The Bertz CT molecular complexity index is 443. The van der Waals surface area contributed by atoms with Crippen molar-refractivity contribution in [3.63, 3.8) is 0 Å². The standard InChI is InChI=1S/C12H14FNO2/c1-12(2)6-10(12)14-11(16)8-4-3-7(15)5-9(8)13/h3-5,10,15H,6H2,1-2H3,(H,14,16). The topological polar surface area (TPSA) is 49.3 Å². The zero-order valence-electron chi connectivity index (χ0n) is 9.25. The van der Waals surface area contributed by atoms with Crippen molar-refractivity contribution in [2.75, 3.05) is 0 Å². The Morgan fingerprint density at radius 2 is 2.19 bits per heavy atom. The van der Waals surface area contributed by atoms with Crippen LogP contribution < -0.4 is 5.32 Å². The first kappa shape index (κ1) is 10.9. The molecule has 0 spiro atoms. The van der Waals surface area contributed by atoms with Crippen LogP contribution in [0.2, 0.25) is 0 Å². The Kier molecular flexibility index (Phi) is 2.37. The summed E-state index contributed by atoms with van der Waals surface area (Å²) >= 11 is 0. The molecule has 0 aliphatic heterocycles. The summed E-state index contributed by atoms with van der Waals surface area (Å²) in [6.07, 6.45) is 0.915. The van der Waals surface area contributed by atoms with E-state index >= 15 is 0 Å². The van der Waals surface area contributed by atoms with Gasteiger partial charge in [-0.1, -0.05) is 13.8 Å². The lowest BCUT2D eigenvalue weighted by molar-refractivity contribution is 0.0942. The third-order valence-electron chi connectivity index (χ3n) is 3.02. The van der Waals surface area contributed by atoms with E-state index in [4.69, 9.17) is 5.11 Å². The molecule has 1 aliphatic rings. The average Bonchev–Trinajstić information content (AvgIpc) is 2.72. The number of rotatable bonds is 2. The number of hydrogen-bond acceptors (Lipinski definition) is 2. The highest BCUT2D eigenvalue weighted by molar-refractivity contribution is 5.95. The van der Waals surface area contributed by atoms with Crippen molar-refractivity contribution in [2.24, 2.45) is 5.41 Å². The second kappa shape index (κ2) is 3.47. The number of carbonyl (C=O) groups is 1. The summed E-state index contributed by atoms with van der Waals surface area (Å²) in [5.41, 5.74) is 0.0868. The molecule has 0 bridgehead atoms. The van der Waals surface area contributed by atoms with Gasteiger partial charge in [0.15, 0.2) is 0 Å². The van der Waals surface area contributed by atoms with Crippen LogP contribution in [0.25, 0.3) is 0 Å². The van der Waals surface area contributed by atoms with E-state index in [1.807, 2.05) is 13.8 Å². The van der Waals surface area contributed by atoms with Gasteiger partial charge in [0, 0.05) is 12.1 Å². The third kappa shape index (κ3) is 2.01. The van der Waals surface area contributed by atoms with Crippen LogP contribution in [-0.2, 0) is 0 Å². The highest BCUT2D eigenvalue weighted by atomic mass is 19.1. The average molecular weight is 223 g/mol. The molecule has 4 heteroatoms. The van der Waals surface area contributed by atoms with Gasteiger partial charge >= 0.3 is 0 Å². The van der Waals surface area contributed by atoms with Crippen molar-refractivity contribution in [2.45, 2.75) is 26.3 Å². The maximum Gasteiger partial charge on any atom is 0.254 e. The first-order chi connectivity index (χ1) is 7.40. The van der Waals surface area contributed by atoms with Gasteiger partial charge in [-0.25, -0.2) is 4.39 Å². The van der Waals surface area contributed by atoms with Crippen molar-refractivity contribution >= 4 is 5.91 Å². The number of aromatic hydroxyl groups is 1. The van der Waals surface area contributed by atoms with Crippen LogP contribution in [-0.4, -0.2) is 17.1 Å². The van der Waals surface area contributed by atoms with Gasteiger partial charge in [-0.3, -0.25) is 4.79 Å². The molecule has 86 valence electrons. The van der Waals surface area contributed by atoms with Crippen molar-refractivity contribution in [1.29, 1.82) is 0 Å². The fourth-order valence-corrected chi connectivity index (χ4v) is 1.64. The monoisotopic (exact) mass is 223 g/mol. The van der Waals surface area contributed by atoms with Crippen LogP contribution in [0.4, 0.5) is 4.39 Å². The van der Waals surface area contributed by atoms with Gasteiger partial charge in [-0.2, -0.15) is 0 Å². The maximum absolute atomic E-state index is 13.3. The number of nitrogens with one attached hydrogen (secondary N) is 1. The molecule has 1 atom stereocenters. The van der Waals surface area contributed by atoms with E-state index in [-0.39, 0.29) is 22.8 Å². The molecular weight excluding hydrogens is 209 g/mol. The van der Waals surface area contributed by atoms with E-state index in [9.17, 15) is 9.18 Å². The van der Waals surface area contributed by atoms with E-state index in [0.717, 1.165) is 12.5 Å². The Morgan fingerprint density at radius 1 is 1.56 bits per heavy atom. The summed E-state index contributed by atoms with van der Waals surface area (Å²) < 4.78 is 13.3. The molecule has 1 aromatic carbocycles. The molecule has 1 aliphatic carbocycles. The molecule has 0 aromatic heterocycles. The summed E-state index contributed by atoms with van der Waals surface area (Å²) in [6, 6.07) is 3.64. The summed E-state index contributed by atoms with van der Waals surface area (Å²) in [5.74, 6) is -1.30. The molecule has 3 nitrogen and oxygen atoms in total. The Morgan fingerprint density at radius 3 is 2.69 bits per heavy atom. The van der Waals surface area contributed by atoms with Crippen LogP contribution in [0.15, 0.2) is 18.2 Å². The van der Waals surface area contributed by atoms with Crippen LogP contribution in [0.1, 0.15) is 30.6 Å². The number of phenolic OH excluding ortho intramolecular Hbond substituents is 1. The highest BCUT2D eigenvalue weighted by Gasteiger charge is 2.46. The predicted molar refractivity (Wildman–Crippen MR) is 57.7 cm³/mol. The first-order valence-corrected chi connectivity index (χ1v) is 5.19. The minimum atomic E-state index is -0.698. The quantitative estimate of drug-likeness (QED) is 0.806. The molecule has 1 amide bonds. The largest absolute Gasteiger partial charge is 0.508 e. The number of phenols is 1. The molecule has 1 aromatic rings. The van der Waals surface area contributed by atoms with Gasteiger partial charge in [0.1, 0.15) is 11.6 Å². The molecule has 0 saturated heterocycles. The summed E-state index contributed by atoms with van der Waals surface area (Å²) in [5, 5.41) is 11.8. The minimum Gasteiger partial charge on any atom is -0.508 e. The normalized spacial score (nSPS) is 21.6. The molecule has 2 N–H and O–H groups in total. The lowest BCUT2D eigenvalue weighted by atomic mass is 10.1. The van der Waals surface area contributed by atoms with Gasteiger partial charge in [0.25, 0.3) is 5.91 Å². The molecule has 16 heavy (non-hydrogen) atoms. The van der Waals surface area contributed by atoms with E-state index in [1.165, 1.54) is 12.1 Å². The molecular formula is C12H14FNO2. The van der Waals surface area contributed by atoms with E-state index in [1.54, 1.807) is 0 Å². The molecule has 1 saturated carbocycles. The fourth-order valence-electron chi connectivity index (χ4n) is 1.64. The second-order valence-electron chi connectivity index (χ2n) is 4.88. The number of amides is 1. The van der Waals surface area contributed by atoms with Crippen molar-refractivity contribution < 1.29 is 14.3 Å². The summed E-state index contributed by atoms with van der Waals surface area (Å²) in [4.78, 5) is 11.7.